The summed E-state index contributed by atoms with van der Waals surface area (Å²) in [7, 11) is 0. The van der Waals surface area contributed by atoms with Crippen LogP contribution in [-0.2, 0) is 0 Å². The molecule has 0 saturated heterocycles. The number of phenols is 1. The third kappa shape index (κ3) is 7.63. The first-order chi connectivity index (χ1) is 16.1. The number of carbonyl (C=O) groups excluding carboxylic acids is 1. The van der Waals surface area contributed by atoms with Gasteiger partial charge in [0.25, 0.3) is 5.91 Å². The summed E-state index contributed by atoms with van der Waals surface area (Å²) < 4.78 is 6.01. The zero-order valence-electron chi connectivity index (χ0n) is 18.8. The molecule has 0 radical (unpaired) electrons. The molecular weight excluding hydrogens is 438 g/mol. The summed E-state index contributed by atoms with van der Waals surface area (Å²) in [5.74, 6) is 0.0682. The van der Waals surface area contributed by atoms with Crippen molar-refractivity contribution >= 4 is 34.0 Å². The van der Waals surface area contributed by atoms with Gasteiger partial charge >= 0.3 is 0 Å². The molecule has 1 amide bonds. The van der Waals surface area contributed by atoms with Gasteiger partial charge in [-0.3, -0.25) is 4.79 Å². The van der Waals surface area contributed by atoms with E-state index in [4.69, 9.17) is 22.1 Å². The number of ether oxygens (including phenoxy) is 1. The minimum Gasteiger partial charge on any atom is -0.506 e. The van der Waals surface area contributed by atoms with E-state index in [-0.39, 0.29) is 11.7 Å². The summed E-state index contributed by atoms with van der Waals surface area (Å²) in [6, 6.07) is 16.1. The van der Waals surface area contributed by atoms with E-state index < -0.39 is 0 Å². The fraction of sp³-hybridized carbons (Fsp3) is 0.346. The lowest BCUT2D eigenvalue weighted by atomic mass is 10.0. The molecule has 3 aromatic carbocycles. The van der Waals surface area contributed by atoms with Gasteiger partial charge in [-0.2, -0.15) is 0 Å². The number of carbonyl (C=O) groups is 1. The van der Waals surface area contributed by atoms with Gasteiger partial charge in [0.1, 0.15) is 11.5 Å². The van der Waals surface area contributed by atoms with Crippen LogP contribution in [-0.4, -0.2) is 37.3 Å². The number of fused-ring (bicyclic) bond motifs is 1. The molecule has 0 bridgehead atoms. The van der Waals surface area contributed by atoms with Crippen LogP contribution in [0.3, 0.4) is 0 Å². The highest BCUT2D eigenvalue weighted by Gasteiger charge is 2.16. The van der Waals surface area contributed by atoms with Crippen LogP contribution in [0.4, 0.5) is 5.69 Å². The quantitative estimate of drug-likeness (QED) is 0.200. The molecule has 5 N–H and O–H groups in total. The van der Waals surface area contributed by atoms with E-state index in [1.807, 2.05) is 36.4 Å². The van der Waals surface area contributed by atoms with Gasteiger partial charge in [0.15, 0.2) is 0 Å². The lowest BCUT2D eigenvalue weighted by Gasteiger charge is -2.14. The van der Waals surface area contributed by atoms with E-state index in [1.165, 1.54) is 18.9 Å². The van der Waals surface area contributed by atoms with E-state index in [0.29, 0.717) is 28.6 Å². The summed E-state index contributed by atoms with van der Waals surface area (Å²) in [5, 5.41) is 18.6. The summed E-state index contributed by atoms with van der Waals surface area (Å²) in [4.78, 5) is 13.0. The minimum absolute atomic E-state index is 0.0896. The van der Waals surface area contributed by atoms with Crippen LogP contribution >= 0.6 is 11.6 Å². The van der Waals surface area contributed by atoms with Crippen LogP contribution in [0.25, 0.3) is 10.8 Å². The van der Waals surface area contributed by atoms with E-state index >= 15 is 0 Å². The van der Waals surface area contributed by atoms with Crippen LogP contribution in [0.2, 0.25) is 5.02 Å². The van der Waals surface area contributed by atoms with Crippen molar-refractivity contribution in [1.29, 1.82) is 0 Å². The van der Waals surface area contributed by atoms with Gasteiger partial charge in [0.05, 0.1) is 17.9 Å². The minimum atomic E-state index is -0.357. The number of amides is 1. The molecular formula is C26H32ClN3O3. The third-order valence-electron chi connectivity index (χ3n) is 5.36. The highest BCUT2D eigenvalue weighted by molar-refractivity contribution is 6.30. The van der Waals surface area contributed by atoms with Crippen molar-refractivity contribution < 1.29 is 14.6 Å². The number of aromatic hydroxyl groups is 1. The first-order valence-electron chi connectivity index (χ1n) is 11.4. The van der Waals surface area contributed by atoms with E-state index in [1.54, 1.807) is 12.1 Å². The SMILES string of the molecule is NCCCCCCNCCCOc1cc2ccccc2cc1C(=O)Nc1ccc(Cl)cc1O. The number of rotatable bonds is 13. The van der Waals surface area contributed by atoms with Crippen LogP contribution in [0.5, 0.6) is 11.5 Å². The smallest absolute Gasteiger partial charge is 0.259 e. The first kappa shape index (κ1) is 24.8. The Hall–Kier alpha value is -2.80. The highest BCUT2D eigenvalue weighted by Crippen LogP contribution is 2.30. The lowest BCUT2D eigenvalue weighted by Crippen LogP contribution is -2.19. The molecule has 3 rings (SSSR count). The molecule has 0 spiro atoms. The third-order valence-corrected chi connectivity index (χ3v) is 5.60. The lowest BCUT2D eigenvalue weighted by molar-refractivity contribution is 0.102. The van der Waals surface area contributed by atoms with Gasteiger partial charge in [-0.1, -0.05) is 48.7 Å². The molecule has 0 unspecified atom stereocenters. The van der Waals surface area contributed by atoms with Crippen molar-refractivity contribution in [2.75, 3.05) is 31.6 Å². The van der Waals surface area contributed by atoms with Gasteiger partial charge in [0, 0.05) is 11.1 Å². The van der Waals surface area contributed by atoms with Crippen molar-refractivity contribution in [3.05, 3.63) is 65.2 Å². The molecule has 0 aliphatic heterocycles. The second-order valence-electron chi connectivity index (χ2n) is 7.97. The molecule has 0 saturated carbocycles. The van der Waals surface area contributed by atoms with E-state index in [0.717, 1.165) is 49.7 Å². The Morgan fingerprint density at radius 3 is 2.42 bits per heavy atom. The Labute approximate surface area is 200 Å². The van der Waals surface area contributed by atoms with E-state index in [9.17, 15) is 9.90 Å². The maximum Gasteiger partial charge on any atom is 0.259 e. The topological polar surface area (TPSA) is 96.6 Å². The van der Waals surface area contributed by atoms with Gasteiger partial charge in [-0.25, -0.2) is 0 Å². The van der Waals surface area contributed by atoms with Gasteiger partial charge in [0.2, 0.25) is 0 Å². The highest BCUT2D eigenvalue weighted by atomic mass is 35.5. The molecule has 7 heteroatoms. The zero-order chi connectivity index (χ0) is 23.5. The van der Waals surface area contributed by atoms with Crippen molar-refractivity contribution in [2.45, 2.75) is 32.1 Å². The standard InChI is InChI=1S/C26H32ClN3O3/c27-21-10-11-23(24(31)18-21)30-26(32)22-16-19-8-3-4-9-20(19)17-25(22)33-15-7-14-29-13-6-2-1-5-12-28/h3-4,8-11,16-18,29,31H,1-2,5-7,12-15,28H2,(H,30,32). The maximum atomic E-state index is 13.0. The molecule has 0 aromatic heterocycles. The first-order valence-corrected chi connectivity index (χ1v) is 11.8. The Balaban J connectivity index is 1.60. The average molecular weight is 470 g/mol. The van der Waals surface area contributed by atoms with Crippen LogP contribution in [0, 0.1) is 0 Å². The fourth-order valence-corrected chi connectivity index (χ4v) is 3.73. The van der Waals surface area contributed by atoms with Crippen LogP contribution in [0.1, 0.15) is 42.5 Å². The number of benzene rings is 3. The molecule has 3 aromatic rings. The molecule has 0 aliphatic rings. The average Bonchev–Trinajstić information content (AvgIpc) is 2.81. The molecule has 176 valence electrons. The van der Waals surface area contributed by atoms with Crippen molar-refractivity contribution in [3.8, 4) is 11.5 Å². The molecule has 0 fully saturated rings. The molecule has 0 aliphatic carbocycles. The number of phenolic OH excluding ortho intramolecular Hbond substituents is 1. The number of nitrogens with two attached hydrogens (primary N) is 1. The second-order valence-corrected chi connectivity index (χ2v) is 8.40. The summed E-state index contributed by atoms with van der Waals surface area (Å²) in [5.41, 5.74) is 6.22. The number of hydrogen-bond donors (Lipinski definition) is 4. The fourth-order valence-electron chi connectivity index (χ4n) is 3.57. The number of anilines is 1. The van der Waals surface area contributed by atoms with Crippen molar-refractivity contribution in [2.24, 2.45) is 5.73 Å². The number of halogens is 1. The van der Waals surface area contributed by atoms with Crippen molar-refractivity contribution in [3.63, 3.8) is 0 Å². The normalized spacial score (nSPS) is 11.0. The Kier molecular flexibility index (Phi) is 9.81. The van der Waals surface area contributed by atoms with Gasteiger partial charge in [-0.05, 0) is 73.9 Å². The monoisotopic (exact) mass is 469 g/mol. The molecule has 0 atom stereocenters. The summed E-state index contributed by atoms with van der Waals surface area (Å²) in [6.45, 7) is 3.09. The summed E-state index contributed by atoms with van der Waals surface area (Å²) in [6.07, 6.45) is 5.44. The predicted molar refractivity (Wildman–Crippen MR) is 136 cm³/mol. The maximum absolute atomic E-state index is 13.0. The summed E-state index contributed by atoms with van der Waals surface area (Å²) >= 11 is 5.89. The van der Waals surface area contributed by atoms with Gasteiger partial charge in [-0.15, -0.1) is 0 Å². The number of unbranched alkanes of at least 4 members (excludes halogenated alkanes) is 3. The Morgan fingerprint density at radius 1 is 0.939 bits per heavy atom. The van der Waals surface area contributed by atoms with Crippen LogP contribution < -0.4 is 21.1 Å². The van der Waals surface area contributed by atoms with Crippen LogP contribution in [0.15, 0.2) is 54.6 Å². The predicted octanol–water partition coefficient (Wildman–Crippen LogP) is 5.33. The number of nitrogens with one attached hydrogen (secondary N) is 2. The zero-order valence-corrected chi connectivity index (χ0v) is 19.5. The molecule has 33 heavy (non-hydrogen) atoms. The van der Waals surface area contributed by atoms with E-state index in [2.05, 4.69) is 10.6 Å². The molecule has 0 heterocycles. The Morgan fingerprint density at radius 2 is 1.67 bits per heavy atom. The van der Waals surface area contributed by atoms with Crippen molar-refractivity contribution in [1.82, 2.24) is 5.32 Å². The molecule has 6 nitrogen and oxygen atoms in total. The largest absolute Gasteiger partial charge is 0.506 e. The number of hydrogen-bond acceptors (Lipinski definition) is 5. The second kappa shape index (κ2) is 13.0. The Bertz CT molecular complexity index is 1060. The van der Waals surface area contributed by atoms with Gasteiger partial charge < -0.3 is 26.2 Å².